The lowest BCUT2D eigenvalue weighted by molar-refractivity contribution is -0.149. The molecular formula is C21H28N3O9PS. The summed E-state index contributed by atoms with van der Waals surface area (Å²) in [4.78, 5) is 37.8. The minimum absolute atomic E-state index is 0.336. The van der Waals surface area contributed by atoms with Crippen LogP contribution in [0.15, 0.2) is 52.2 Å². The van der Waals surface area contributed by atoms with Crippen LogP contribution < -0.4 is 20.9 Å². The zero-order valence-corrected chi connectivity index (χ0v) is 21.0. The summed E-state index contributed by atoms with van der Waals surface area (Å²) in [5.41, 5.74) is -1.43. The molecule has 0 unspecified atom stereocenters. The highest BCUT2D eigenvalue weighted by molar-refractivity contribution is 8.09. The summed E-state index contributed by atoms with van der Waals surface area (Å²) in [7, 11) is 0. The molecule has 0 bridgehead atoms. The molecule has 0 amide bonds. The second-order valence-electron chi connectivity index (χ2n) is 8.10. The van der Waals surface area contributed by atoms with E-state index in [-0.39, 0.29) is 12.7 Å². The van der Waals surface area contributed by atoms with Crippen molar-refractivity contribution in [3.63, 3.8) is 0 Å². The Labute approximate surface area is 206 Å². The molecule has 1 aromatic heterocycles. The third-order valence-electron chi connectivity index (χ3n) is 4.90. The van der Waals surface area contributed by atoms with Crippen LogP contribution in [0.4, 0.5) is 0 Å². The van der Waals surface area contributed by atoms with Crippen molar-refractivity contribution in [3.8, 4) is 5.75 Å². The number of benzene rings is 1. The number of aromatic amines is 1. The van der Waals surface area contributed by atoms with E-state index in [9.17, 15) is 24.6 Å². The highest BCUT2D eigenvalue weighted by Gasteiger charge is 2.45. The monoisotopic (exact) mass is 529 g/mol. The third-order valence-corrected chi connectivity index (χ3v) is 7.40. The first kappa shape index (κ1) is 27.2. The summed E-state index contributed by atoms with van der Waals surface area (Å²) in [5.74, 6) is -0.169. The van der Waals surface area contributed by atoms with Crippen LogP contribution in [0.2, 0.25) is 0 Å². The number of esters is 1. The van der Waals surface area contributed by atoms with Crippen LogP contribution in [0.5, 0.6) is 5.75 Å². The number of aliphatic hydroxyl groups is 2. The summed E-state index contributed by atoms with van der Waals surface area (Å²) in [6.45, 7) is 1.23. The van der Waals surface area contributed by atoms with Gasteiger partial charge in [0, 0.05) is 12.3 Å². The molecule has 1 aromatic carbocycles. The van der Waals surface area contributed by atoms with Crippen LogP contribution >= 0.6 is 6.64 Å². The van der Waals surface area contributed by atoms with Crippen molar-refractivity contribution in [2.24, 2.45) is 0 Å². The van der Waals surface area contributed by atoms with Crippen molar-refractivity contribution in [2.45, 2.75) is 57.5 Å². The number of aromatic nitrogens is 2. The van der Waals surface area contributed by atoms with Crippen molar-refractivity contribution < 1.29 is 33.5 Å². The van der Waals surface area contributed by atoms with Crippen LogP contribution in [0.25, 0.3) is 0 Å². The molecule has 1 fully saturated rings. The van der Waals surface area contributed by atoms with Crippen LogP contribution in [-0.2, 0) is 30.6 Å². The molecule has 1 saturated heterocycles. The first-order valence-corrected chi connectivity index (χ1v) is 13.4. The van der Waals surface area contributed by atoms with E-state index in [4.69, 9.17) is 30.3 Å². The van der Waals surface area contributed by atoms with Crippen molar-refractivity contribution in [1.82, 2.24) is 14.6 Å². The molecule has 12 nitrogen and oxygen atoms in total. The summed E-state index contributed by atoms with van der Waals surface area (Å²) < 4.78 is 23.5. The fourth-order valence-electron chi connectivity index (χ4n) is 3.23. The zero-order valence-electron chi connectivity index (χ0n) is 19.3. The molecule has 1 aliphatic heterocycles. The van der Waals surface area contributed by atoms with Crippen LogP contribution in [0.3, 0.4) is 0 Å². The standard InChI is InChI=1S/C21H28N3O9PS/c1-12(2)31-20(28)13(3)23-34(35,33-14-7-5-4-6-8-14)30-11-15-17(26)18(27)19(32-15)24-10-9-16(25)22-21(24)29/h4-10,12-13,15,17-19,26-27H,11H2,1-3H3,(H,23,35)(H,22,25,29)/t13-,15+,17+,18+,19+,34-/m0/s1. The molecule has 0 aliphatic carbocycles. The lowest BCUT2D eigenvalue weighted by Crippen LogP contribution is -2.38. The Morgan fingerprint density at radius 2 is 1.89 bits per heavy atom. The van der Waals surface area contributed by atoms with E-state index in [2.05, 4.69) is 10.1 Å². The van der Waals surface area contributed by atoms with Gasteiger partial charge in [0.05, 0.1) is 12.7 Å². The average Bonchev–Trinajstić information content (AvgIpc) is 3.06. The maximum absolute atomic E-state index is 12.3. The number of ether oxygens (including phenoxy) is 2. The second kappa shape index (κ2) is 11.6. The Morgan fingerprint density at radius 1 is 1.20 bits per heavy atom. The fraction of sp³-hybridized carbons (Fsp3) is 0.476. The number of carbonyl (C=O) groups excluding carboxylic acids is 1. The minimum atomic E-state index is -3.41. The summed E-state index contributed by atoms with van der Waals surface area (Å²) in [6.07, 6.45) is -4.50. The molecule has 0 saturated carbocycles. The quantitative estimate of drug-likeness (QED) is 0.249. The van der Waals surface area contributed by atoms with Gasteiger partial charge in [-0.3, -0.25) is 19.1 Å². The SMILES string of the molecule is CC(C)OC(=O)[C@H](C)N[P@](=S)(OC[C@H]1O[C@@H](n2ccc(=O)[nH]c2=O)[C@H](O)[C@@H]1O)Oc1ccccc1. The molecule has 6 atom stereocenters. The Morgan fingerprint density at radius 3 is 2.51 bits per heavy atom. The van der Waals surface area contributed by atoms with Gasteiger partial charge in [0.15, 0.2) is 6.23 Å². The van der Waals surface area contributed by atoms with Gasteiger partial charge in [0.2, 0.25) is 0 Å². The number of nitrogens with zero attached hydrogens (tertiary/aromatic N) is 1. The Bertz CT molecular complexity index is 1170. The van der Waals surface area contributed by atoms with Gasteiger partial charge in [-0.2, -0.15) is 0 Å². The third kappa shape index (κ3) is 7.07. The molecule has 0 spiro atoms. The summed E-state index contributed by atoms with van der Waals surface area (Å²) in [6, 6.07) is 8.79. The topological polar surface area (TPSA) is 161 Å². The first-order chi connectivity index (χ1) is 16.5. The molecule has 2 heterocycles. The Hall–Kier alpha value is -2.38. The van der Waals surface area contributed by atoms with E-state index < -0.39 is 54.4 Å². The molecular weight excluding hydrogens is 501 g/mol. The summed E-state index contributed by atoms with van der Waals surface area (Å²) >= 11 is 5.61. The molecule has 14 heteroatoms. The number of hydrogen-bond donors (Lipinski definition) is 4. The Balaban J connectivity index is 1.75. The molecule has 3 rings (SSSR count). The predicted molar refractivity (Wildman–Crippen MR) is 128 cm³/mol. The van der Waals surface area contributed by atoms with E-state index in [1.807, 2.05) is 0 Å². The maximum Gasteiger partial charge on any atom is 0.330 e. The number of aliphatic hydroxyl groups excluding tert-OH is 2. The molecule has 1 aliphatic rings. The first-order valence-electron chi connectivity index (χ1n) is 10.8. The van der Waals surface area contributed by atoms with Gasteiger partial charge in [-0.1, -0.05) is 18.2 Å². The zero-order chi connectivity index (χ0) is 25.8. The smallest absolute Gasteiger partial charge is 0.330 e. The van der Waals surface area contributed by atoms with Gasteiger partial charge in [-0.15, -0.1) is 0 Å². The number of rotatable bonds is 10. The number of carbonyl (C=O) groups is 1. The van der Waals surface area contributed by atoms with Crippen LogP contribution in [0.1, 0.15) is 27.0 Å². The van der Waals surface area contributed by atoms with E-state index in [0.717, 1.165) is 16.8 Å². The highest BCUT2D eigenvalue weighted by Crippen LogP contribution is 2.46. The number of H-pyrrole nitrogens is 1. The van der Waals surface area contributed by atoms with E-state index in [0.29, 0.717) is 5.75 Å². The Kier molecular flexibility index (Phi) is 9.00. The van der Waals surface area contributed by atoms with Gasteiger partial charge in [0.1, 0.15) is 30.1 Å². The highest BCUT2D eigenvalue weighted by atomic mass is 32.5. The normalized spacial score (nSPS) is 24.6. The lowest BCUT2D eigenvalue weighted by atomic mass is 10.1. The van der Waals surface area contributed by atoms with Crippen molar-refractivity contribution in [1.29, 1.82) is 0 Å². The minimum Gasteiger partial charge on any atom is -0.462 e. The number of hydrogen-bond acceptors (Lipinski definition) is 10. The number of nitrogens with one attached hydrogen (secondary N) is 2. The van der Waals surface area contributed by atoms with Crippen molar-refractivity contribution in [3.05, 3.63) is 63.4 Å². The maximum atomic E-state index is 12.3. The molecule has 0 radical (unpaired) electrons. The van der Waals surface area contributed by atoms with Crippen LogP contribution in [0, 0.1) is 0 Å². The molecule has 4 N–H and O–H groups in total. The number of para-hydroxylation sites is 1. The lowest BCUT2D eigenvalue weighted by Gasteiger charge is -2.28. The summed E-state index contributed by atoms with van der Waals surface area (Å²) in [5, 5.41) is 23.8. The fourth-order valence-corrected chi connectivity index (χ4v) is 5.65. The predicted octanol–water partition coefficient (Wildman–Crippen LogP) is 0.406. The largest absolute Gasteiger partial charge is 0.462 e. The van der Waals surface area contributed by atoms with E-state index >= 15 is 0 Å². The molecule has 35 heavy (non-hydrogen) atoms. The van der Waals surface area contributed by atoms with Gasteiger partial charge in [0.25, 0.3) is 5.56 Å². The van der Waals surface area contributed by atoms with Gasteiger partial charge in [-0.05, 0) is 44.7 Å². The molecule has 2 aromatic rings. The van der Waals surface area contributed by atoms with Gasteiger partial charge >= 0.3 is 18.3 Å². The van der Waals surface area contributed by atoms with E-state index in [1.54, 1.807) is 51.1 Å². The molecule has 192 valence electrons. The van der Waals surface area contributed by atoms with Crippen LogP contribution in [-0.4, -0.2) is 62.8 Å². The van der Waals surface area contributed by atoms with E-state index in [1.165, 1.54) is 0 Å². The van der Waals surface area contributed by atoms with Gasteiger partial charge < -0.3 is 28.7 Å². The van der Waals surface area contributed by atoms with Gasteiger partial charge in [-0.25, -0.2) is 9.88 Å². The average molecular weight is 530 g/mol. The van der Waals surface area contributed by atoms with Crippen molar-refractivity contribution >= 4 is 24.4 Å². The second-order valence-corrected chi connectivity index (χ2v) is 11.2. The van der Waals surface area contributed by atoms with Crippen molar-refractivity contribution in [2.75, 3.05) is 6.61 Å².